The molecule has 0 nitrogen and oxygen atoms in total. The second kappa shape index (κ2) is 4.66. The molecule has 0 aromatic heterocycles. The van der Waals surface area contributed by atoms with Gasteiger partial charge in [-0.3, -0.25) is 0 Å². The molecule has 1 heteroatoms. The Kier molecular flexibility index (Phi) is 3.25. The third-order valence-corrected chi connectivity index (χ3v) is 4.49. The molecule has 0 aliphatic carbocycles. The van der Waals surface area contributed by atoms with Gasteiger partial charge < -0.3 is 0 Å². The maximum Gasteiger partial charge on any atom is 0.0178 e. The predicted octanol–water partition coefficient (Wildman–Crippen LogP) is 2.76. The topological polar surface area (TPSA) is 0 Å². The van der Waals surface area contributed by atoms with E-state index in [9.17, 15) is 0 Å². The smallest absolute Gasteiger partial charge is 0.0178 e. The molecular formula is C15H18Si. The molecule has 0 radical (unpaired) electrons. The van der Waals surface area contributed by atoms with Gasteiger partial charge in [0, 0.05) is 10.2 Å². The van der Waals surface area contributed by atoms with Gasteiger partial charge in [-0.25, -0.2) is 0 Å². The molecule has 0 fully saturated rings. The van der Waals surface area contributed by atoms with Gasteiger partial charge in [0.25, 0.3) is 0 Å². The van der Waals surface area contributed by atoms with Gasteiger partial charge in [0.2, 0.25) is 0 Å². The van der Waals surface area contributed by atoms with Crippen LogP contribution < -0.4 is 0 Å². The third kappa shape index (κ3) is 2.42. The van der Waals surface area contributed by atoms with Crippen molar-refractivity contribution in [3.63, 3.8) is 0 Å². The van der Waals surface area contributed by atoms with E-state index in [-0.39, 0.29) is 0 Å². The molecule has 0 heterocycles. The van der Waals surface area contributed by atoms with E-state index in [1.54, 1.807) is 0 Å². The predicted molar refractivity (Wildman–Crippen MR) is 74.1 cm³/mol. The second-order valence-corrected chi connectivity index (χ2v) is 5.70. The molecule has 0 aliphatic heterocycles. The second-order valence-electron chi connectivity index (χ2n) is 4.54. The SMILES string of the molecule is Cc1ccc(C([SiH3])c2ccc(C)cc2)cc1. The fourth-order valence-corrected chi connectivity index (χ4v) is 2.67. The Morgan fingerprint density at radius 2 is 1.00 bits per heavy atom. The molecule has 0 saturated heterocycles. The van der Waals surface area contributed by atoms with E-state index >= 15 is 0 Å². The first-order valence-electron chi connectivity index (χ1n) is 5.80. The zero-order chi connectivity index (χ0) is 11.5. The lowest BCUT2D eigenvalue weighted by Gasteiger charge is -2.13. The highest BCUT2D eigenvalue weighted by atomic mass is 28.1. The normalized spacial score (nSPS) is 10.9. The van der Waals surface area contributed by atoms with Gasteiger partial charge in [-0.05, 0) is 30.5 Å². The highest BCUT2D eigenvalue weighted by molar-refractivity contribution is 6.14. The summed E-state index contributed by atoms with van der Waals surface area (Å²) in [4.78, 5) is 0. The Bertz CT molecular complexity index is 408. The molecule has 0 amide bonds. The van der Waals surface area contributed by atoms with Crippen molar-refractivity contribution in [2.24, 2.45) is 0 Å². The van der Waals surface area contributed by atoms with Gasteiger partial charge in [0.15, 0.2) is 0 Å². The Hall–Kier alpha value is -1.34. The summed E-state index contributed by atoms with van der Waals surface area (Å²) in [6.07, 6.45) is 0. The number of rotatable bonds is 2. The van der Waals surface area contributed by atoms with Crippen LogP contribution in [0.1, 0.15) is 27.8 Å². The van der Waals surface area contributed by atoms with Crippen molar-refractivity contribution in [3.05, 3.63) is 70.8 Å². The number of hydrogen-bond donors (Lipinski definition) is 0. The van der Waals surface area contributed by atoms with Crippen LogP contribution in [0.5, 0.6) is 0 Å². The summed E-state index contributed by atoms with van der Waals surface area (Å²) >= 11 is 0. The maximum absolute atomic E-state index is 2.26. The van der Waals surface area contributed by atoms with Crippen molar-refractivity contribution in [2.75, 3.05) is 0 Å². The van der Waals surface area contributed by atoms with Gasteiger partial charge >= 0.3 is 0 Å². The zero-order valence-corrected chi connectivity index (χ0v) is 12.2. The molecule has 0 bridgehead atoms. The van der Waals surface area contributed by atoms with Gasteiger partial charge in [0.1, 0.15) is 0 Å². The fraction of sp³-hybridized carbons (Fsp3) is 0.200. The minimum Gasteiger partial charge on any atom is -0.0590 e. The van der Waals surface area contributed by atoms with Crippen LogP contribution in [0, 0.1) is 13.8 Å². The molecule has 0 N–H and O–H groups in total. The van der Waals surface area contributed by atoms with Crippen LogP contribution in [0.4, 0.5) is 0 Å². The summed E-state index contributed by atoms with van der Waals surface area (Å²) in [6.45, 7) is 4.27. The molecule has 0 unspecified atom stereocenters. The van der Waals surface area contributed by atoms with Crippen molar-refractivity contribution in [1.29, 1.82) is 0 Å². The van der Waals surface area contributed by atoms with Crippen molar-refractivity contribution in [1.82, 2.24) is 0 Å². The van der Waals surface area contributed by atoms with Crippen LogP contribution in [-0.2, 0) is 0 Å². The first-order valence-corrected chi connectivity index (χ1v) is 6.95. The maximum atomic E-state index is 2.26. The van der Waals surface area contributed by atoms with Crippen molar-refractivity contribution in [3.8, 4) is 0 Å². The van der Waals surface area contributed by atoms with Gasteiger partial charge in [-0.15, -0.1) is 0 Å². The van der Waals surface area contributed by atoms with E-state index in [4.69, 9.17) is 0 Å². The highest BCUT2D eigenvalue weighted by Crippen LogP contribution is 2.21. The molecule has 2 aromatic carbocycles. The molecule has 0 saturated carbocycles. The van der Waals surface area contributed by atoms with Crippen LogP contribution in [0.2, 0.25) is 0 Å². The van der Waals surface area contributed by atoms with Gasteiger partial charge in [0.05, 0.1) is 0 Å². The Morgan fingerprint density at radius 1 is 0.688 bits per heavy atom. The first-order chi connectivity index (χ1) is 7.66. The van der Waals surface area contributed by atoms with E-state index in [0.29, 0.717) is 5.54 Å². The lowest BCUT2D eigenvalue weighted by molar-refractivity contribution is 1.13. The molecule has 0 atom stereocenters. The summed E-state index contributed by atoms with van der Waals surface area (Å²) in [5, 5.41) is 0. The molecule has 16 heavy (non-hydrogen) atoms. The zero-order valence-electron chi connectivity index (χ0n) is 10.2. The largest absolute Gasteiger partial charge is 0.0590 e. The average molecular weight is 226 g/mol. The van der Waals surface area contributed by atoms with Gasteiger partial charge in [-0.2, -0.15) is 0 Å². The summed E-state index contributed by atoms with van der Waals surface area (Å²) in [6, 6.07) is 17.8. The Balaban J connectivity index is 2.28. The van der Waals surface area contributed by atoms with E-state index in [1.807, 2.05) is 0 Å². The fourth-order valence-electron chi connectivity index (χ4n) is 1.90. The van der Waals surface area contributed by atoms with Crippen molar-refractivity contribution in [2.45, 2.75) is 19.4 Å². The van der Waals surface area contributed by atoms with E-state index in [0.717, 1.165) is 10.2 Å². The molecule has 2 aromatic rings. The number of benzene rings is 2. The van der Waals surface area contributed by atoms with Crippen molar-refractivity contribution < 1.29 is 0 Å². The number of hydrogen-bond acceptors (Lipinski definition) is 0. The van der Waals surface area contributed by atoms with Crippen LogP contribution >= 0.6 is 0 Å². The van der Waals surface area contributed by atoms with E-state index < -0.39 is 0 Å². The molecule has 82 valence electrons. The Morgan fingerprint density at radius 3 is 1.31 bits per heavy atom. The van der Waals surface area contributed by atoms with Crippen LogP contribution in [0.15, 0.2) is 48.5 Å². The van der Waals surface area contributed by atoms with Crippen LogP contribution in [0.3, 0.4) is 0 Å². The summed E-state index contributed by atoms with van der Waals surface area (Å²) < 4.78 is 0. The van der Waals surface area contributed by atoms with Crippen LogP contribution in [0.25, 0.3) is 0 Å². The quantitative estimate of drug-likeness (QED) is 0.691. The molecule has 2 rings (SSSR count). The summed E-state index contributed by atoms with van der Waals surface area (Å²) in [5.74, 6) is 0. The first kappa shape index (κ1) is 11.2. The molecular weight excluding hydrogens is 208 g/mol. The average Bonchev–Trinajstić information content (AvgIpc) is 2.30. The third-order valence-electron chi connectivity index (χ3n) is 3.15. The van der Waals surface area contributed by atoms with Crippen molar-refractivity contribution >= 4 is 10.2 Å². The summed E-state index contributed by atoms with van der Waals surface area (Å²) in [5.41, 5.74) is 6.17. The molecule has 0 aliphatic rings. The Labute approximate surface area is 101 Å². The van der Waals surface area contributed by atoms with E-state index in [1.165, 1.54) is 22.3 Å². The summed E-state index contributed by atoms with van der Waals surface area (Å²) in [7, 11) is 1.16. The van der Waals surface area contributed by atoms with E-state index in [2.05, 4.69) is 62.4 Å². The standard InChI is InChI=1S/C15H18Si/c1-11-3-7-13(8-4-11)15(16)14-9-5-12(2)6-10-14/h3-10,15H,1-2,16H3. The highest BCUT2D eigenvalue weighted by Gasteiger charge is 2.07. The lowest BCUT2D eigenvalue weighted by Crippen LogP contribution is -2.00. The van der Waals surface area contributed by atoms with Crippen LogP contribution in [-0.4, -0.2) is 10.2 Å². The van der Waals surface area contributed by atoms with Gasteiger partial charge in [-0.1, -0.05) is 59.7 Å². The number of aryl methyl sites for hydroxylation is 2. The lowest BCUT2D eigenvalue weighted by atomic mass is 10.0. The minimum atomic E-state index is 0.612. The minimum absolute atomic E-state index is 0.612. The molecule has 0 spiro atoms. The monoisotopic (exact) mass is 226 g/mol.